The summed E-state index contributed by atoms with van der Waals surface area (Å²) in [6.07, 6.45) is 5.76. The van der Waals surface area contributed by atoms with Crippen LogP contribution < -0.4 is 0 Å². The molecule has 4 rings (SSSR count). The van der Waals surface area contributed by atoms with E-state index in [0.29, 0.717) is 42.9 Å². The van der Waals surface area contributed by atoms with Gasteiger partial charge >= 0.3 is 0 Å². The molecule has 2 aromatic rings. The van der Waals surface area contributed by atoms with Crippen LogP contribution >= 0.6 is 0 Å². The topological polar surface area (TPSA) is 61.6 Å². The molecule has 2 heterocycles. The molecule has 2 unspecified atom stereocenters. The van der Waals surface area contributed by atoms with Crippen LogP contribution in [-0.2, 0) is 28.9 Å². The summed E-state index contributed by atoms with van der Waals surface area (Å²) in [6.45, 7) is 2.67. The zero-order valence-electron chi connectivity index (χ0n) is 15.7. The van der Waals surface area contributed by atoms with Crippen molar-refractivity contribution < 1.29 is 18.8 Å². The number of nitrogens with zero attached hydrogens (tertiary/aromatic N) is 1. The maximum Gasteiger partial charge on any atom is 0.184 e. The first-order chi connectivity index (χ1) is 13.3. The number of ether oxygens (including phenoxy) is 2. The molecular weight excluding hydrogens is 342 g/mol. The van der Waals surface area contributed by atoms with E-state index in [4.69, 9.17) is 14.0 Å². The average Bonchev–Trinajstić information content (AvgIpc) is 3.38. The largest absolute Gasteiger partial charge is 0.381 e. The van der Waals surface area contributed by atoms with Gasteiger partial charge in [-0.05, 0) is 55.1 Å². The van der Waals surface area contributed by atoms with Crippen molar-refractivity contribution in [1.82, 2.24) is 5.16 Å². The molecule has 1 aliphatic heterocycles. The lowest BCUT2D eigenvalue weighted by molar-refractivity contribution is 0.0677. The van der Waals surface area contributed by atoms with E-state index in [1.165, 1.54) is 11.1 Å². The van der Waals surface area contributed by atoms with E-state index in [1.54, 1.807) is 6.07 Å². The van der Waals surface area contributed by atoms with Crippen LogP contribution in [0, 0.1) is 11.8 Å². The van der Waals surface area contributed by atoms with Crippen LogP contribution in [0.1, 0.15) is 53.1 Å². The molecule has 144 valence electrons. The minimum absolute atomic E-state index is 0.0424. The van der Waals surface area contributed by atoms with Gasteiger partial charge in [-0.25, -0.2) is 0 Å². The summed E-state index contributed by atoms with van der Waals surface area (Å²) in [5.41, 5.74) is 3.33. The highest BCUT2D eigenvalue weighted by molar-refractivity contribution is 5.94. The number of carbonyl (C=O) groups excluding carboxylic acids is 1. The fourth-order valence-corrected chi connectivity index (χ4v) is 4.03. The molecule has 5 heteroatoms. The minimum Gasteiger partial charge on any atom is -0.381 e. The first-order valence-electron chi connectivity index (χ1n) is 9.99. The number of hydrogen-bond donors (Lipinski definition) is 0. The second-order valence-corrected chi connectivity index (χ2v) is 7.76. The van der Waals surface area contributed by atoms with Gasteiger partial charge in [0.1, 0.15) is 12.3 Å². The van der Waals surface area contributed by atoms with E-state index in [2.05, 4.69) is 29.4 Å². The van der Waals surface area contributed by atoms with Crippen LogP contribution in [0.25, 0.3) is 0 Å². The Hall–Kier alpha value is -1.98. The fourth-order valence-electron chi connectivity index (χ4n) is 4.03. The zero-order valence-corrected chi connectivity index (χ0v) is 15.7. The summed E-state index contributed by atoms with van der Waals surface area (Å²) in [6, 6.07) is 10.4. The average molecular weight is 369 g/mol. The lowest BCUT2D eigenvalue weighted by Crippen LogP contribution is -2.19. The summed E-state index contributed by atoms with van der Waals surface area (Å²) in [7, 11) is 0. The van der Waals surface area contributed by atoms with E-state index in [-0.39, 0.29) is 5.78 Å². The molecule has 1 aliphatic carbocycles. The van der Waals surface area contributed by atoms with Gasteiger partial charge in [0.2, 0.25) is 0 Å². The van der Waals surface area contributed by atoms with Crippen LogP contribution in [0.4, 0.5) is 0 Å². The standard InChI is InChI=1S/C22H27NO4/c24-22(8-6-16-9-10-25-13-16)21-12-20(27-23-21)15-26-14-17-5-7-18-3-1-2-4-19(18)11-17/h1-4,12,16-17H,5-11,13-15H2. The van der Waals surface area contributed by atoms with Gasteiger partial charge < -0.3 is 14.0 Å². The summed E-state index contributed by atoms with van der Waals surface area (Å²) >= 11 is 0. The van der Waals surface area contributed by atoms with E-state index in [9.17, 15) is 4.79 Å². The third-order valence-corrected chi connectivity index (χ3v) is 5.70. The van der Waals surface area contributed by atoms with Gasteiger partial charge in [-0.3, -0.25) is 4.79 Å². The quantitative estimate of drug-likeness (QED) is 0.658. The molecule has 0 saturated carbocycles. The third kappa shape index (κ3) is 4.85. The SMILES string of the molecule is O=C(CCC1CCOC1)c1cc(COCC2CCc3ccccc3C2)on1. The Bertz CT molecular complexity index is 763. The Balaban J connectivity index is 1.20. The molecule has 1 aromatic carbocycles. The van der Waals surface area contributed by atoms with Gasteiger partial charge in [0.25, 0.3) is 0 Å². The Kier molecular flexibility index (Phi) is 6.00. The molecule has 1 aromatic heterocycles. The minimum atomic E-state index is 0.0424. The Morgan fingerprint density at radius 3 is 2.93 bits per heavy atom. The number of benzene rings is 1. The Morgan fingerprint density at radius 1 is 1.19 bits per heavy atom. The van der Waals surface area contributed by atoms with E-state index >= 15 is 0 Å². The fraction of sp³-hybridized carbons (Fsp3) is 0.545. The van der Waals surface area contributed by atoms with Crippen LogP contribution in [0.5, 0.6) is 0 Å². The number of fused-ring (bicyclic) bond motifs is 1. The van der Waals surface area contributed by atoms with Crippen molar-refractivity contribution in [1.29, 1.82) is 0 Å². The van der Waals surface area contributed by atoms with Crippen molar-refractivity contribution in [3.63, 3.8) is 0 Å². The monoisotopic (exact) mass is 369 g/mol. The molecule has 2 aliphatic rings. The van der Waals surface area contributed by atoms with Crippen molar-refractivity contribution in [2.75, 3.05) is 19.8 Å². The van der Waals surface area contributed by atoms with E-state index < -0.39 is 0 Å². The molecule has 2 atom stereocenters. The van der Waals surface area contributed by atoms with Crippen LogP contribution in [0.15, 0.2) is 34.9 Å². The van der Waals surface area contributed by atoms with Gasteiger partial charge in [0.15, 0.2) is 11.5 Å². The van der Waals surface area contributed by atoms with Crippen molar-refractivity contribution in [3.8, 4) is 0 Å². The summed E-state index contributed by atoms with van der Waals surface area (Å²) in [5.74, 6) is 1.71. The number of hydrogen-bond acceptors (Lipinski definition) is 5. The van der Waals surface area contributed by atoms with E-state index in [1.807, 2.05) is 0 Å². The summed E-state index contributed by atoms with van der Waals surface area (Å²) in [4.78, 5) is 12.2. The van der Waals surface area contributed by atoms with Crippen LogP contribution in [-0.4, -0.2) is 30.8 Å². The molecule has 0 bridgehead atoms. The maximum atomic E-state index is 12.2. The molecule has 0 spiro atoms. The van der Waals surface area contributed by atoms with Gasteiger partial charge in [-0.1, -0.05) is 29.4 Å². The molecular formula is C22H27NO4. The molecule has 0 amide bonds. The molecule has 0 N–H and O–H groups in total. The lowest BCUT2D eigenvalue weighted by Gasteiger charge is -2.24. The van der Waals surface area contributed by atoms with Crippen LogP contribution in [0.3, 0.4) is 0 Å². The first-order valence-corrected chi connectivity index (χ1v) is 9.99. The van der Waals surface area contributed by atoms with Gasteiger partial charge in [0, 0.05) is 25.7 Å². The van der Waals surface area contributed by atoms with Crippen molar-refractivity contribution >= 4 is 5.78 Å². The molecule has 5 nitrogen and oxygen atoms in total. The van der Waals surface area contributed by atoms with Gasteiger partial charge in [-0.15, -0.1) is 0 Å². The number of ketones is 1. The zero-order chi connectivity index (χ0) is 18.5. The number of Topliss-reactive ketones (excluding diaryl/α,β-unsaturated/α-hetero) is 1. The predicted molar refractivity (Wildman–Crippen MR) is 101 cm³/mol. The third-order valence-electron chi connectivity index (χ3n) is 5.70. The Labute approximate surface area is 160 Å². The maximum absolute atomic E-state index is 12.2. The molecule has 1 saturated heterocycles. The van der Waals surface area contributed by atoms with Crippen molar-refractivity contribution in [2.24, 2.45) is 11.8 Å². The van der Waals surface area contributed by atoms with Gasteiger partial charge in [-0.2, -0.15) is 0 Å². The smallest absolute Gasteiger partial charge is 0.184 e. The highest BCUT2D eigenvalue weighted by Crippen LogP contribution is 2.26. The number of aryl methyl sites for hydroxylation is 1. The molecule has 0 radical (unpaired) electrons. The highest BCUT2D eigenvalue weighted by Gasteiger charge is 2.20. The number of aromatic nitrogens is 1. The Morgan fingerprint density at radius 2 is 2.07 bits per heavy atom. The molecule has 1 fully saturated rings. The van der Waals surface area contributed by atoms with Gasteiger partial charge in [0.05, 0.1) is 6.61 Å². The predicted octanol–water partition coefficient (Wildman–Crippen LogP) is 4.00. The summed E-state index contributed by atoms with van der Waals surface area (Å²) in [5, 5.41) is 3.92. The first kappa shape index (κ1) is 18.4. The van der Waals surface area contributed by atoms with Crippen LogP contribution in [0.2, 0.25) is 0 Å². The number of carbonyl (C=O) groups is 1. The van der Waals surface area contributed by atoms with Crippen molar-refractivity contribution in [3.05, 3.63) is 52.9 Å². The number of rotatable bonds is 8. The normalized spacial score (nSPS) is 21.9. The van der Waals surface area contributed by atoms with Crippen molar-refractivity contribution in [2.45, 2.75) is 45.1 Å². The van der Waals surface area contributed by atoms with E-state index in [0.717, 1.165) is 45.3 Å². The highest BCUT2D eigenvalue weighted by atomic mass is 16.5. The lowest BCUT2D eigenvalue weighted by atomic mass is 9.84. The molecule has 27 heavy (non-hydrogen) atoms. The summed E-state index contributed by atoms with van der Waals surface area (Å²) < 4.78 is 16.5. The second-order valence-electron chi connectivity index (χ2n) is 7.76. The second kappa shape index (κ2) is 8.81.